The maximum Gasteiger partial charge on any atom is 0.407 e. The number of ether oxygens (including phenoxy) is 2. The summed E-state index contributed by atoms with van der Waals surface area (Å²) in [5, 5.41) is 5.38. The largest absolute Gasteiger partial charge is 0.453 e. The Morgan fingerprint density at radius 3 is 1.70 bits per heavy atom. The van der Waals surface area contributed by atoms with Crippen molar-refractivity contribution in [3.63, 3.8) is 0 Å². The number of nitrogens with zero attached hydrogens (tertiary/aromatic N) is 4. The van der Waals surface area contributed by atoms with E-state index >= 15 is 0 Å². The molecule has 2 saturated heterocycles. The van der Waals surface area contributed by atoms with E-state index in [9.17, 15) is 19.2 Å². The number of nitrogens with one attached hydrogen (secondary N) is 4. The first-order valence-electron chi connectivity index (χ1n) is 18.4. The Bertz CT molecular complexity index is 2230. The van der Waals surface area contributed by atoms with Crippen molar-refractivity contribution in [1.82, 2.24) is 40.4 Å². The first-order valence-corrected chi connectivity index (χ1v) is 18.4. The van der Waals surface area contributed by atoms with Gasteiger partial charge in [-0.25, -0.2) is 19.6 Å². The second kappa shape index (κ2) is 17.1. The second-order valence-corrected chi connectivity index (χ2v) is 13.5. The summed E-state index contributed by atoms with van der Waals surface area (Å²) in [6.45, 7) is 1.07. The van der Waals surface area contributed by atoms with E-state index in [1.165, 1.54) is 14.2 Å². The van der Waals surface area contributed by atoms with Crippen LogP contribution in [0.2, 0.25) is 0 Å². The molecule has 0 unspecified atom stereocenters. The lowest BCUT2D eigenvalue weighted by Crippen LogP contribution is -2.42. The summed E-state index contributed by atoms with van der Waals surface area (Å²) in [5.74, 6) is 7.17. The molecule has 0 radical (unpaired) electrons. The summed E-state index contributed by atoms with van der Waals surface area (Å²) in [7, 11) is 2.54. The van der Waals surface area contributed by atoms with Crippen molar-refractivity contribution in [1.29, 1.82) is 0 Å². The van der Waals surface area contributed by atoms with Crippen LogP contribution in [0.15, 0.2) is 97.3 Å². The highest BCUT2D eigenvalue weighted by atomic mass is 16.5. The zero-order chi connectivity index (χ0) is 39.0. The fourth-order valence-electron chi connectivity index (χ4n) is 7.28. The van der Waals surface area contributed by atoms with Crippen LogP contribution in [0.25, 0.3) is 11.3 Å². The summed E-state index contributed by atoms with van der Waals surface area (Å²) in [5.41, 5.74) is 4.44. The minimum atomic E-state index is -0.897. The fraction of sp³-hybridized carbons (Fsp3) is 0.286. The summed E-state index contributed by atoms with van der Waals surface area (Å²) < 4.78 is 9.61. The van der Waals surface area contributed by atoms with E-state index in [-0.39, 0.29) is 23.9 Å². The molecule has 7 rings (SSSR count). The molecule has 0 spiro atoms. The number of likely N-dealkylation sites (tertiary alicyclic amines) is 2. The second-order valence-electron chi connectivity index (χ2n) is 13.5. The number of carbonyl (C=O) groups is 4. The first-order chi connectivity index (χ1) is 27.3. The van der Waals surface area contributed by atoms with Crippen molar-refractivity contribution >= 4 is 24.0 Å². The number of rotatable bonds is 9. The van der Waals surface area contributed by atoms with Crippen molar-refractivity contribution in [3.05, 3.63) is 131 Å². The highest BCUT2D eigenvalue weighted by Gasteiger charge is 2.38. The molecular formula is C42H42N8O6. The van der Waals surface area contributed by atoms with Crippen LogP contribution in [-0.2, 0) is 19.1 Å². The van der Waals surface area contributed by atoms with Crippen LogP contribution in [0.4, 0.5) is 9.59 Å². The van der Waals surface area contributed by atoms with Gasteiger partial charge < -0.3 is 39.9 Å². The molecule has 0 bridgehead atoms. The number of methoxy groups -OCH3 is 2. The quantitative estimate of drug-likeness (QED) is 0.138. The molecule has 4 heterocycles. The maximum absolute atomic E-state index is 13.8. The Labute approximate surface area is 324 Å². The van der Waals surface area contributed by atoms with Gasteiger partial charge in [0.25, 0.3) is 11.8 Å². The van der Waals surface area contributed by atoms with E-state index in [0.717, 1.165) is 42.5 Å². The fourth-order valence-corrected chi connectivity index (χ4v) is 7.28. The van der Waals surface area contributed by atoms with Crippen LogP contribution in [0.3, 0.4) is 0 Å². The normalized spacial score (nSPS) is 17.3. The maximum atomic E-state index is 13.8. The number of benzene rings is 3. The van der Waals surface area contributed by atoms with Gasteiger partial charge in [-0.1, -0.05) is 78.7 Å². The number of alkyl carbamates (subject to hydrolysis) is 2. The number of H-pyrrole nitrogens is 2. The van der Waals surface area contributed by atoms with Gasteiger partial charge in [-0.3, -0.25) is 9.59 Å². The molecule has 14 heteroatoms. The van der Waals surface area contributed by atoms with Gasteiger partial charge in [0.15, 0.2) is 0 Å². The van der Waals surface area contributed by atoms with Crippen molar-refractivity contribution < 1.29 is 28.7 Å². The van der Waals surface area contributed by atoms with Crippen LogP contribution < -0.4 is 10.6 Å². The number of hydrogen-bond donors (Lipinski definition) is 4. The Hall–Kier alpha value is -6.88. The molecule has 0 aliphatic carbocycles. The van der Waals surface area contributed by atoms with Crippen molar-refractivity contribution in [2.75, 3.05) is 27.3 Å². The monoisotopic (exact) mass is 754 g/mol. The number of aromatic amines is 2. The molecule has 4 atom stereocenters. The number of aromatic nitrogens is 4. The van der Waals surface area contributed by atoms with Crippen molar-refractivity contribution in [2.45, 2.75) is 49.9 Å². The third-order valence-electron chi connectivity index (χ3n) is 10.1. The number of amides is 4. The van der Waals surface area contributed by atoms with E-state index in [4.69, 9.17) is 9.47 Å². The third-order valence-corrected chi connectivity index (χ3v) is 10.1. The predicted octanol–water partition coefficient (Wildman–Crippen LogP) is 5.72. The number of imidazole rings is 2. The topological polar surface area (TPSA) is 175 Å². The summed E-state index contributed by atoms with van der Waals surface area (Å²) >= 11 is 0. The summed E-state index contributed by atoms with van der Waals surface area (Å²) in [4.78, 5) is 71.4. The van der Waals surface area contributed by atoms with Gasteiger partial charge in [0.05, 0.1) is 44.4 Å². The molecule has 4 N–H and O–H groups in total. The van der Waals surface area contributed by atoms with Crippen molar-refractivity contribution in [2.24, 2.45) is 0 Å². The van der Waals surface area contributed by atoms with Crippen LogP contribution >= 0.6 is 0 Å². The van der Waals surface area contributed by atoms with Crippen LogP contribution in [0.1, 0.15) is 83.9 Å². The minimum Gasteiger partial charge on any atom is -0.453 e. The zero-order valence-corrected chi connectivity index (χ0v) is 31.0. The van der Waals surface area contributed by atoms with Gasteiger partial charge in [0.1, 0.15) is 29.4 Å². The van der Waals surface area contributed by atoms with Gasteiger partial charge in [0, 0.05) is 18.7 Å². The van der Waals surface area contributed by atoms with E-state index in [0.29, 0.717) is 41.6 Å². The molecule has 14 nitrogen and oxygen atoms in total. The van der Waals surface area contributed by atoms with Gasteiger partial charge in [-0.05, 0) is 60.4 Å². The van der Waals surface area contributed by atoms with Gasteiger partial charge >= 0.3 is 12.2 Å². The van der Waals surface area contributed by atoms with E-state index < -0.39 is 24.3 Å². The lowest BCUT2D eigenvalue weighted by atomic mass is 10.1. The lowest BCUT2D eigenvalue weighted by molar-refractivity contribution is -0.135. The molecule has 2 aliphatic heterocycles. The number of hydrogen-bond acceptors (Lipinski definition) is 8. The smallest absolute Gasteiger partial charge is 0.407 e. The molecule has 4 amide bonds. The molecule has 56 heavy (non-hydrogen) atoms. The number of carbonyl (C=O) groups excluding carboxylic acids is 4. The molecule has 2 aromatic heterocycles. The average molecular weight is 755 g/mol. The molecule has 2 aliphatic rings. The Kier molecular flexibility index (Phi) is 11.4. The molecule has 0 saturated carbocycles. The van der Waals surface area contributed by atoms with E-state index in [1.54, 1.807) is 46.5 Å². The Morgan fingerprint density at radius 1 is 0.679 bits per heavy atom. The molecule has 2 fully saturated rings. The molecule has 286 valence electrons. The van der Waals surface area contributed by atoms with E-state index in [1.807, 2.05) is 60.7 Å². The highest BCUT2D eigenvalue weighted by molar-refractivity contribution is 5.88. The van der Waals surface area contributed by atoms with Gasteiger partial charge in [-0.2, -0.15) is 0 Å². The summed E-state index contributed by atoms with van der Waals surface area (Å²) in [6.07, 6.45) is 5.11. The van der Waals surface area contributed by atoms with E-state index in [2.05, 4.69) is 42.4 Å². The minimum absolute atomic E-state index is 0.229. The lowest BCUT2D eigenvalue weighted by Gasteiger charge is -2.28. The standard InChI is InChI=1S/C42H42N8O6/c1-55-41(53)47-35(29-11-5-3-6-12-29)39(51)49-23-9-15-33(49)37-43-25-31(45-37)22-19-27-17-20-28(21-18-27)32-26-44-38(46-32)34-16-10-24-50(34)40(52)36(48-42(54)56-2)30-13-7-4-8-14-30/h3-8,11-14,17-18,20-21,25-26,33-36H,9-10,15-16,23-24H2,1-2H3,(H,43,45)(H,44,46)(H,47,53)(H,48,54)/t33-,34-,35+,36+/m0/s1. The van der Waals surface area contributed by atoms with Gasteiger partial charge in [-0.15, -0.1) is 0 Å². The SMILES string of the molecule is COC(=O)N[C@@H](C(=O)N1CCC[C@H]1c1ncc(C#Cc2ccc(-c3cnc([C@@H]4CCCN4C(=O)[C@H](NC(=O)OC)c4ccccc4)[nH]3)cc2)[nH]1)c1ccccc1. The first kappa shape index (κ1) is 37.4. The summed E-state index contributed by atoms with van der Waals surface area (Å²) in [6, 6.07) is 23.6. The third kappa shape index (κ3) is 8.27. The van der Waals surface area contributed by atoms with Crippen LogP contribution in [-0.4, -0.2) is 81.0 Å². The molecular weight excluding hydrogens is 713 g/mol. The van der Waals surface area contributed by atoms with Gasteiger partial charge in [0.2, 0.25) is 0 Å². The predicted molar refractivity (Wildman–Crippen MR) is 205 cm³/mol. The molecule has 3 aromatic carbocycles. The molecule has 5 aromatic rings. The Morgan fingerprint density at radius 2 is 1.18 bits per heavy atom. The average Bonchev–Trinajstić information content (AvgIpc) is 4.08. The Balaban J connectivity index is 1.01. The van der Waals surface area contributed by atoms with Crippen LogP contribution in [0.5, 0.6) is 0 Å². The zero-order valence-electron chi connectivity index (χ0n) is 31.0. The van der Waals surface area contributed by atoms with Crippen LogP contribution in [0, 0.1) is 11.8 Å². The van der Waals surface area contributed by atoms with Crippen molar-refractivity contribution in [3.8, 4) is 23.1 Å². The highest BCUT2D eigenvalue weighted by Crippen LogP contribution is 2.35.